The van der Waals surface area contributed by atoms with Gasteiger partial charge in [-0.1, -0.05) is 56.3 Å². The maximum absolute atomic E-state index is 13.5. The van der Waals surface area contributed by atoms with Gasteiger partial charge in [-0.05, 0) is 40.6 Å². The lowest BCUT2D eigenvalue weighted by atomic mass is 10.0. The first-order chi connectivity index (χ1) is 15.9. The van der Waals surface area contributed by atoms with Crippen LogP contribution in [0.1, 0.15) is 30.9 Å². The number of rotatable bonds is 5. The summed E-state index contributed by atoms with van der Waals surface area (Å²) in [6.45, 7) is 4.27. The number of aromatic nitrogens is 3. The van der Waals surface area contributed by atoms with Crippen LogP contribution in [0.25, 0.3) is 22.2 Å². The van der Waals surface area contributed by atoms with E-state index in [1.165, 1.54) is 10.2 Å². The number of hydrogen-bond acceptors (Lipinski definition) is 7. The first-order valence-electron chi connectivity index (χ1n) is 10.4. The van der Waals surface area contributed by atoms with E-state index in [4.69, 9.17) is 5.73 Å². The number of fused-ring (bicyclic) bond motifs is 2. The van der Waals surface area contributed by atoms with Gasteiger partial charge in [0.1, 0.15) is 20.4 Å². The number of nitrogens with zero attached hydrogens (tertiary/aromatic N) is 4. The molecule has 0 saturated heterocycles. The molecular weight excluding hydrogens is 454 g/mol. The molecule has 0 aliphatic rings. The molecule has 0 unspecified atom stereocenters. The number of nitrogen functional groups attached to an aromatic ring is 1. The Bertz CT molecular complexity index is 1600. The first kappa shape index (κ1) is 21.3. The van der Waals surface area contributed by atoms with Crippen molar-refractivity contribution in [1.29, 1.82) is 0 Å². The molecule has 9 heteroatoms. The predicted octanol–water partition coefficient (Wildman–Crippen LogP) is 5.07. The average molecular weight is 476 g/mol. The molecule has 0 atom stereocenters. The van der Waals surface area contributed by atoms with E-state index >= 15 is 0 Å². The van der Waals surface area contributed by atoms with Gasteiger partial charge in [0.2, 0.25) is 9.84 Å². The van der Waals surface area contributed by atoms with Crippen LogP contribution < -0.4 is 5.73 Å². The maximum atomic E-state index is 13.5. The van der Waals surface area contributed by atoms with Crippen molar-refractivity contribution in [1.82, 2.24) is 14.6 Å². The van der Waals surface area contributed by atoms with E-state index in [0.29, 0.717) is 17.0 Å². The molecule has 5 rings (SSSR count). The Morgan fingerprint density at radius 1 is 1.00 bits per heavy atom. The second kappa shape index (κ2) is 8.09. The summed E-state index contributed by atoms with van der Waals surface area (Å²) >= 11 is 1.13. The van der Waals surface area contributed by atoms with Crippen molar-refractivity contribution in [2.24, 2.45) is 5.10 Å². The molecule has 0 aliphatic heterocycles. The van der Waals surface area contributed by atoms with Crippen molar-refractivity contribution in [3.05, 3.63) is 77.2 Å². The van der Waals surface area contributed by atoms with Crippen molar-refractivity contribution >= 4 is 55.4 Å². The maximum Gasteiger partial charge on any atom is 0.221 e. The molecule has 3 aromatic heterocycles. The number of sulfone groups is 1. The molecule has 0 saturated carbocycles. The second-order valence-corrected chi connectivity index (χ2v) is 11.0. The monoisotopic (exact) mass is 475 g/mol. The zero-order valence-electron chi connectivity index (χ0n) is 18.0. The van der Waals surface area contributed by atoms with Crippen LogP contribution in [0.15, 0.2) is 80.2 Å². The van der Waals surface area contributed by atoms with E-state index in [-0.39, 0.29) is 26.1 Å². The van der Waals surface area contributed by atoms with Crippen molar-refractivity contribution in [3.63, 3.8) is 0 Å². The fourth-order valence-corrected chi connectivity index (χ4v) is 6.20. The Kier molecular flexibility index (Phi) is 5.22. The van der Waals surface area contributed by atoms with Gasteiger partial charge in [-0.3, -0.25) is 0 Å². The lowest BCUT2D eigenvalue weighted by molar-refractivity contribution is 0.599. The number of hydrogen-bond donors (Lipinski definition) is 1. The standard InChI is InChI=1S/C24H21N5O2S2/c1-15(2)17-11-9-16(10-12-17)14-26-29-23(25)22(33(30,31)20-8-5-13-32-20)21-24(29)28-19-7-4-3-6-18(19)27-21/h3-15H,25H2,1-2H3. The predicted molar refractivity (Wildman–Crippen MR) is 133 cm³/mol. The zero-order valence-corrected chi connectivity index (χ0v) is 19.6. The number of anilines is 1. The highest BCUT2D eigenvalue weighted by atomic mass is 32.2. The second-order valence-electron chi connectivity index (χ2n) is 7.91. The number of para-hydroxylation sites is 2. The molecule has 0 fully saturated rings. The van der Waals surface area contributed by atoms with Crippen LogP contribution >= 0.6 is 11.3 Å². The van der Waals surface area contributed by atoms with Gasteiger partial charge in [0.25, 0.3) is 0 Å². The minimum atomic E-state index is -3.90. The van der Waals surface area contributed by atoms with E-state index in [2.05, 4.69) is 28.9 Å². The van der Waals surface area contributed by atoms with Gasteiger partial charge in [0.05, 0.1) is 17.2 Å². The topological polar surface area (TPSA) is 103 Å². The summed E-state index contributed by atoms with van der Waals surface area (Å²) in [5, 5.41) is 6.21. The van der Waals surface area contributed by atoms with Gasteiger partial charge in [-0.2, -0.15) is 9.78 Å². The molecule has 0 spiro atoms. The lowest BCUT2D eigenvalue weighted by Crippen LogP contribution is -2.05. The molecule has 2 aromatic carbocycles. The molecule has 33 heavy (non-hydrogen) atoms. The van der Waals surface area contributed by atoms with E-state index in [0.717, 1.165) is 16.9 Å². The molecule has 3 heterocycles. The number of benzene rings is 2. The van der Waals surface area contributed by atoms with Crippen LogP contribution in [0.5, 0.6) is 0 Å². The third-order valence-electron chi connectivity index (χ3n) is 5.38. The van der Waals surface area contributed by atoms with Gasteiger partial charge < -0.3 is 5.73 Å². The minimum Gasteiger partial charge on any atom is -0.382 e. The van der Waals surface area contributed by atoms with Gasteiger partial charge in [0.15, 0.2) is 5.65 Å². The van der Waals surface area contributed by atoms with Crippen LogP contribution in [0.4, 0.5) is 5.82 Å². The Balaban J connectivity index is 1.73. The van der Waals surface area contributed by atoms with Crippen molar-refractivity contribution < 1.29 is 8.42 Å². The summed E-state index contributed by atoms with van der Waals surface area (Å²) in [5.74, 6) is 0.400. The Labute approximate surface area is 195 Å². The van der Waals surface area contributed by atoms with Crippen molar-refractivity contribution in [3.8, 4) is 0 Å². The van der Waals surface area contributed by atoms with Crippen molar-refractivity contribution in [2.45, 2.75) is 28.9 Å². The van der Waals surface area contributed by atoms with Gasteiger partial charge in [0, 0.05) is 0 Å². The van der Waals surface area contributed by atoms with E-state index in [1.807, 2.05) is 42.5 Å². The highest BCUT2D eigenvalue weighted by Gasteiger charge is 2.31. The van der Waals surface area contributed by atoms with Gasteiger partial charge in [-0.15, -0.1) is 11.3 Å². The first-order valence-corrected chi connectivity index (χ1v) is 12.7. The molecule has 166 valence electrons. The van der Waals surface area contributed by atoms with Crippen LogP contribution in [-0.2, 0) is 9.84 Å². The molecular formula is C24H21N5O2S2. The van der Waals surface area contributed by atoms with E-state index < -0.39 is 9.84 Å². The SMILES string of the molecule is CC(C)c1ccc(C=Nn2c(N)c(S(=O)(=O)c3cccs3)c3nc4ccccc4nc32)cc1. The zero-order chi connectivity index (χ0) is 23.2. The van der Waals surface area contributed by atoms with Crippen LogP contribution in [-0.4, -0.2) is 29.3 Å². The third-order valence-corrected chi connectivity index (χ3v) is 8.60. The molecule has 5 aromatic rings. The van der Waals surface area contributed by atoms with Gasteiger partial charge >= 0.3 is 0 Å². The van der Waals surface area contributed by atoms with Crippen LogP contribution in [0.3, 0.4) is 0 Å². The van der Waals surface area contributed by atoms with Gasteiger partial charge in [-0.25, -0.2) is 18.4 Å². The summed E-state index contributed by atoms with van der Waals surface area (Å²) in [6.07, 6.45) is 1.64. The summed E-state index contributed by atoms with van der Waals surface area (Å²) < 4.78 is 28.4. The number of thiophene rings is 1. The smallest absolute Gasteiger partial charge is 0.221 e. The average Bonchev–Trinajstić information content (AvgIpc) is 3.43. The van der Waals surface area contributed by atoms with Crippen molar-refractivity contribution in [2.75, 3.05) is 5.73 Å². The summed E-state index contributed by atoms with van der Waals surface area (Å²) in [4.78, 5) is 9.18. The fraction of sp³-hybridized carbons (Fsp3) is 0.125. The summed E-state index contributed by atoms with van der Waals surface area (Å²) in [7, 11) is -3.90. The molecule has 2 N–H and O–H groups in total. The third kappa shape index (κ3) is 3.69. The molecule has 0 radical (unpaired) electrons. The Morgan fingerprint density at radius 2 is 1.70 bits per heavy atom. The molecule has 0 aliphatic carbocycles. The summed E-state index contributed by atoms with van der Waals surface area (Å²) in [5.41, 5.74) is 10.2. The Morgan fingerprint density at radius 3 is 2.33 bits per heavy atom. The number of nitrogens with two attached hydrogens (primary N) is 1. The Hall–Kier alpha value is -3.56. The quantitative estimate of drug-likeness (QED) is 0.358. The molecule has 7 nitrogen and oxygen atoms in total. The normalized spacial score (nSPS) is 12.5. The lowest BCUT2D eigenvalue weighted by Gasteiger charge is -2.05. The van der Waals surface area contributed by atoms with E-state index in [1.54, 1.807) is 29.8 Å². The van der Waals surface area contributed by atoms with Crippen LogP contribution in [0, 0.1) is 0 Å². The minimum absolute atomic E-state index is 0.0243. The fourth-order valence-electron chi connectivity index (χ4n) is 3.61. The highest BCUT2D eigenvalue weighted by molar-refractivity contribution is 7.93. The highest BCUT2D eigenvalue weighted by Crippen LogP contribution is 2.36. The molecule has 0 bridgehead atoms. The largest absolute Gasteiger partial charge is 0.382 e. The van der Waals surface area contributed by atoms with E-state index in [9.17, 15) is 8.42 Å². The molecule has 0 amide bonds. The summed E-state index contributed by atoms with van der Waals surface area (Å²) in [6, 6.07) is 18.5. The van der Waals surface area contributed by atoms with Crippen LogP contribution in [0.2, 0.25) is 0 Å².